The molecule has 2 aliphatic heterocycles. The second-order valence-electron chi connectivity index (χ2n) is 6.12. The molecule has 0 saturated carbocycles. The van der Waals surface area contributed by atoms with Crippen molar-refractivity contribution in [3.05, 3.63) is 21.9 Å². The molecular weight excluding hydrogens is 282 g/mol. The molecule has 116 valence electrons. The van der Waals surface area contributed by atoms with E-state index < -0.39 is 0 Å². The number of rotatable bonds is 4. The molecule has 0 unspecified atom stereocenters. The first-order valence-electron chi connectivity index (χ1n) is 8.02. The van der Waals surface area contributed by atoms with Crippen LogP contribution >= 0.6 is 11.3 Å². The number of likely N-dealkylation sites (tertiary alicyclic amines) is 1. The van der Waals surface area contributed by atoms with Crippen molar-refractivity contribution in [2.45, 2.75) is 19.8 Å². The largest absolute Gasteiger partial charge is 0.335 e. The maximum absolute atomic E-state index is 12.5. The topological polar surface area (TPSA) is 26.8 Å². The van der Waals surface area contributed by atoms with Crippen molar-refractivity contribution >= 4 is 17.2 Å². The number of thiophene rings is 1. The molecule has 0 atom stereocenters. The van der Waals surface area contributed by atoms with Crippen molar-refractivity contribution in [3.63, 3.8) is 0 Å². The predicted octanol–water partition coefficient (Wildman–Crippen LogP) is 1.91. The Labute approximate surface area is 131 Å². The Bertz CT molecular complexity index is 474. The summed E-state index contributed by atoms with van der Waals surface area (Å²) in [5.41, 5.74) is 1.11. The summed E-state index contributed by atoms with van der Waals surface area (Å²) in [4.78, 5) is 20.5. The van der Waals surface area contributed by atoms with Gasteiger partial charge in [-0.3, -0.25) is 9.69 Å². The fourth-order valence-electron chi connectivity index (χ4n) is 3.20. The highest BCUT2D eigenvalue weighted by atomic mass is 32.1. The smallest absolute Gasteiger partial charge is 0.264 e. The summed E-state index contributed by atoms with van der Waals surface area (Å²) in [5, 5.41) is 2.01. The van der Waals surface area contributed by atoms with Gasteiger partial charge in [-0.05, 0) is 49.9 Å². The number of carbonyl (C=O) groups excluding carboxylic acids is 1. The summed E-state index contributed by atoms with van der Waals surface area (Å²) in [6, 6.07) is 2.03. The van der Waals surface area contributed by atoms with E-state index in [4.69, 9.17) is 0 Å². The zero-order chi connectivity index (χ0) is 14.7. The predicted molar refractivity (Wildman–Crippen MR) is 87.1 cm³/mol. The molecule has 0 spiro atoms. The molecule has 1 aromatic rings. The lowest BCUT2D eigenvalue weighted by Gasteiger charge is -2.35. The molecule has 1 amide bonds. The molecule has 0 bridgehead atoms. The van der Waals surface area contributed by atoms with E-state index in [0.717, 1.165) is 43.2 Å². The quantitative estimate of drug-likeness (QED) is 0.850. The van der Waals surface area contributed by atoms with Crippen molar-refractivity contribution in [1.29, 1.82) is 0 Å². The fraction of sp³-hybridized carbons (Fsp3) is 0.688. The Morgan fingerprint density at radius 3 is 2.24 bits per heavy atom. The fourth-order valence-corrected chi connectivity index (χ4v) is 4.09. The second-order valence-corrected chi connectivity index (χ2v) is 7.03. The van der Waals surface area contributed by atoms with Crippen LogP contribution in [0.2, 0.25) is 0 Å². The Hall–Kier alpha value is -0.910. The monoisotopic (exact) mass is 307 g/mol. The number of hydrogen-bond acceptors (Lipinski definition) is 4. The summed E-state index contributed by atoms with van der Waals surface area (Å²) >= 11 is 1.57. The minimum atomic E-state index is 0.224. The molecule has 4 nitrogen and oxygen atoms in total. The van der Waals surface area contributed by atoms with E-state index >= 15 is 0 Å². The SMILES string of the molecule is Cc1ccsc1C(=O)N1CCN(CCN2CCCC2)CC1. The summed E-state index contributed by atoms with van der Waals surface area (Å²) in [7, 11) is 0. The molecule has 0 N–H and O–H groups in total. The van der Waals surface area contributed by atoms with Crippen LogP contribution in [0.25, 0.3) is 0 Å². The van der Waals surface area contributed by atoms with Gasteiger partial charge in [-0.15, -0.1) is 11.3 Å². The van der Waals surface area contributed by atoms with E-state index in [1.807, 2.05) is 23.3 Å². The summed E-state index contributed by atoms with van der Waals surface area (Å²) in [6.07, 6.45) is 2.73. The van der Waals surface area contributed by atoms with Gasteiger partial charge in [-0.25, -0.2) is 0 Å². The van der Waals surface area contributed by atoms with Crippen molar-refractivity contribution in [2.24, 2.45) is 0 Å². The van der Waals surface area contributed by atoms with Gasteiger partial charge >= 0.3 is 0 Å². The molecule has 5 heteroatoms. The minimum Gasteiger partial charge on any atom is -0.335 e. The maximum Gasteiger partial charge on any atom is 0.264 e. The third kappa shape index (κ3) is 3.65. The molecule has 1 aromatic heterocycles. The van der Waals surface area contributed by atoms with E-state index in [0.29, 0.717) is 0 Å². The molecule has 2 saturated heterocycles. The van der Waals surface area contributed by atoms with Crippen LogP contribution in [0.15, 0.2) is 11.4 Å². The molecule has 3 heterocycles. The first-order valence-corrected chi connectivity index (χ1v) is 8.90. The normalized spacial score (nSPS) is 21.1. The molecule has 0 aliphatic carbocycles. The van der Waals surface area contributed by atoms with Gasteiger partial charge in [0.25, 0.3) is 5.91 Å². The average Bonchev–Trinajstić information content (AvgIpc) is 3.16. The van der Waals surface area contributed by atoms with Gasteiger partial charge in [0.2, 0.25) is 0 Å². The van der Waals surface area contributed by atoms with Crippen LogP contribution in [-0.4, -0.2) is 73.0 Å². The molecule has 0 radical (unpaired) electrons. The summed E-state index contributed by atoms with van der Waals surface area (Å²) in [6.45, 7) is 10.7. The van der Waals surface area contributed by atoms with Crippen LogP contribution in [-0.2, 0) is 0 Å². The number of piperazine rings is 1. The molecular formula is C16H25N3OS. The molecule has 2 fully saturated rings. The van der Waals surface area contributed by atoms with E-state index in [9.17, 15) is 4.79 Å². The molecule has 0 aromatic carbocycles. The Morgan fingerprint density at radius 1 is 1.05 bits per heavy atom. The van der Waals surface area contributed by atoms with Crippen molar-refractivity contribution in [3.8, 4) is 0 Å². The molecule has 3 rings (SSSR count). The average molecular weight is 307 g/mol. The van der Waals surface area contributed by atoms with Gasteiger partial charge in [-0.1, -0.05) is 0 Å². The number of carbonyl (C=O) groups is 1. The highest BCUT2D eigenvalue weighted by Gasteiger charge is 2.24. The van der Waals surface area contributed by atoms with Crippen molar-refractivity contribution < 1.29 is 4.79 Å². The first kappa shape index (κ1) is 15.0. The zero-order valence-corrected chi connectivity index (χ0v) is 13.7. The highest BCUT2D eigenvalue weighted by Crippen LogP contribution is 2.19. The minimum absolute atomic E-state index is 0.224. The van der Waals surface area contributed by atoms with E-state index in [-0.39, 0.29) is 5.91 Å². The number of amides is 1. The number of hydrogen-bond donors (Lipinski definition) is 0. The molecule has 21 heavy (non-hydrogen) atoms. The van der Waals surface area contributed by atoms with Crippen LogP contribution in [0.5, 0.6) is 0 Å². The van der Waals surface area contributed by atoms with Crippen LogP contribution in [0.1, 0.15) is 28.1 Å². The Kier molecular flexibility index (Phi) is 4.93. The van der Waals surface area contributed by atoms with Crippen molar-refractivity contribution in [2.75, 3.05) is 52.4 Å². The third-order valence-electron chi connectivity index (χ3n) is 4.65. The number of aryl methyl sites for hydroxylation is 1. The van der Waals surface area contributed by atoms with Crippen LogP contribution < -0.4 is 0 Å². The van der Waals surface area contributed by atoms with Crippen LogP contribution in [0, 0.1) is 6.92 Å². The Balaban J connectivity index is 1.44. The highest BCUT2D eigenvalue weighted by molar-refractivity contribution is 7.12. The number of nitrogens with zero attached hydrogens (tertiary/aromatic N) is 3. The lowest BCUT2D eigenvalue weighted by molar-refractivity contribution is 0.0631. The zero-order valence-electron chi connectivity index (χ0n) is 12.9. The van der Waals surface area contributed by atoms with Gasteiger partial charge < -0.3 is 9.80 Å². The lowest BCUT2D eigenvalue weighted by atomic mass is 10.2. The van der Waals surface area contributed by atoms with Crippen LogP contribution in [0.4, 0.5) is 0 Å². The van der Waals surface area contributed by atoms with E-state index in [1.165, 1.54) is 32.5 Å². The van der Waals surface area contributed by atoms with Gasteiger partial charge in [0.15, 0.2) is 0 Å². The van der Waals surface area contributed by atoms with Gasteiger partial charge in [0, 0.05) is 39.3 Å². The van der Waals surface area contributed by atoms with E-state index in [1.54, 1.807) is 11.3 Å². The summed E-state index contributed by atoms with van der Waals surface area (Å²) < 4.78 is 0. The Morgan fingerprint density at radius 2 is 1.67 bits per heavy atom. The second kappa shape index (κ2) is 6.90. The van der Waals surface area contributed by atoms with Crippen LogP contribution in [0.3, 0.4) is 0 Å². The van der Waals surface area contributed by atoms with E-state index in [2.05, 4.69) is 9.80 Å². The van der Waals surface area contributed by atoms with Crippen molar-refractivity contribution in [1.82, 2.24) is 14.7 Å². The maximum atomic E-state index is 12.5. The first-order chi connectivity index (χ1) is 10.2. The summed E-state index contributed by atoms with van der Waals surface area (Å²) in [5.74, 6) is 0.224. The van der Waals surface area contributed by atoms with Gasteiger partial charge in [-0.2, -0.15) is 0 Å². The lowest BCUT2D eigenvalue weighted by Crippen LogP contribution is -2.50. The van der Waals surface area contributed by atoms with Gasteiger partial charge in [0.05, 0.1) is 4.88 Å². The standard InChI is InChI=1S/C16H25N3OS/c1-14-4-13-21-15(14)16(20)19-11-9-18(10-12-19)8-7-17-5-2-3-6-17/h4,13H,2-3,5-12H2,1H3. The molecule has 2 aliphatic rings. The van der Waals surface area contributed by atoms with Gasteiger partial charge in [0.1, 0.15) is 0 Å². The third-order valence-corrected chi connectivity index (χ3v) is 5.65.